The zero-order valence-corrected chi connectivity index (χ0v) is 18.1. The third kappa shape index (κ3) is 4.88. The lowest BCUT2D eigenvalue weighted by Gasteiger charge is -2.14. The molecule has 0 aliphatic heterocycles. The Bertz CT molecular complexity index is 1250. The maximum atomic E-state index is 11.4. The number of H-pyrrole nitrogens is 1. The van der Waals surface area contributed by atoms with Crippen LogP contribution in [-0.2, 0) is 13.2 Å². The third-order valence-electron chi connectivity index (χ3n) is 4.48. The van der Waals surface area contributed by atoms with Gasteiger partial charge < -0.3 is 19.6 Å². The molecule has 31 heavy (non-hydrogen) atoms. The monoisotopic (exact) mass is 476 g/mol. The van der Waals surface area contributed by atoms with E-state index in [-0.39, 0.29) is 24.5 Å². The fourth-order valence-electron chi connectivity index (χ4n) is 2.94. The van der Waals surface area contributed by atoms with Gasteiger partial charge in [-0.15, -0.1) is 0 Å². The Kier molecular flexibility index (Phi) is 6.23. The van der Waals surface area contributed by atoms with Crippen molar-refractivity contribution in [2.45, 2.75) is 13.2 Å². The number of halogens is 3. The van der Waals surface area contributed by atoms with E-state index < -0.39 is 5.97 Å². The predicted molar refractivity (Wildman–Crippen MR) is 120 cm³/mol. The van der Waals surface area contributed by atoms with Crippen molar-refractivity contribution in [2.75, 3.05) is 0 Å². The molecule has 6 nitrogen and oxygen atoms in total. The fourth-order valence-corrected chi connectivity index (χ4v) is 3.62. The summed E-state index contributed by atoms with van der Waals surface area (Å²) >= 11 is 18.4. The van der Waals surface area contributed by atoms with Crippen molar-refractivity contribution < 1.29 is 19.4 Å². The van der Waals surface area contributed by atoms with Crippen molar-refractivity contribution in [3.8, 4) is 11.5 Å². The molecule has 0 bridgehead atoms. The van der Waals surface area contributed by atoms with Crippen LogP contribution in [0.15, 0.2) is 54.6 Å². The molecule has 0 spiro atoms. The minimum atomic E-state index is -1.08. The highest BCUT2D eigenvalue weighted by Crippen LogP contribution is 2.32. The van der Waals surface area contributed by atoms with Gasteiger partial charge >= 0.3 is 5.97 Å². The first kappa shape index (κ1) is 21.3. The van der Waals surface area contributed by atoms with Crippen LogP contribution < -0.4 is 9.47 Å². The number of carbonyl (C=O) groups is 1. The molecule has 0 radical (unpaired) electrons. The number of ether oxygens (including phenoxy) is 2. The molecule has 3 aromatic carbocycles. The van der Waals surface area contributed by atoms with Gasteiger partial charge in [-0.3, -0.25) is 0 Å². The normalized spacial score (nSPS) is 10.9. The van der Waals surface area contributed by atoms with Crippen molar-refractivity contribution in [3.63, 3.8) is 0 Å². The minimum Gasteiger partial charge on any atom is -0.485 e. The van der Waals surface area contributed by atoms with E-state index in [1.54, 1.807) is 36.4 Å². The number of hydrogen-bond donors (Lipinski definition) is 2. The molecule has 158 valence electrons. The molecule has 0 unspecified atom stereocenters. The van der Waals surface area contributed by atoms with Crippen molar-refractivity contribution in [1.29, 1.82) is 0 Å². The van der Waals surface area contributed by atoms with E-state index >= 15 is 0 Å². The van der Waals surface area contributed by atoms with Crippen LogP contribution >= 0.6 is 34.8 Å². The lowest BCUT2D eigenvalue weighted by atomic mass is 10.2. The lowest BCUT2D eigenvalue weighted by Crippen LogP contribution is -2.04. The molecule has 0 aliphatic rings. The summed E-state index contributed by atoms with van der Waals surface area (Å²) in [6.07, 6.45) is 0. The highest BCUT2D eigenvalue weighted by atomic mass is 35.5. The summed E-state index contributed by atoms with van der Waals surface area (Å²) in [5, 5.41) is 10.8. The van der Waals surface area contributed by atoms with Gasteiger partial charge in [0.2, 0.25) is 0 Å². The molecule has 4 rings (SSSR count). The Morgan fingerprint density at radius 3 is 2.42 bits per heavy atom. The topological polar surface area (TPSA) is 84.4 Å². The molecule has 0 aliphatic carbocycles. The molecule has 1 aromatic heterocycles. The zero-order chi connectivity index (χ0) is 22.0. The number of aromatic carboxylic acids is 1. The molecule has 9 heteroatoms. The lowest BCUT2D eigenvalue weighted by molar-refractivity contribution is 0.0696. The molecule has 1 heterocycles. The summed E-state index contributed by atoms with van der Waals surface area (Å²) in [5.74, 6) is 0.0997. The smallest absolute Gasteiger partial charge is 0.335 e. The Labute approximate surface area is 192 Å². The van der Waals surface area contributed by atoms with Crippen LogP contribution in [0.2, 0.25) is 15.1 Å². The van der Waals surface area contributed by atoms with Crippen LogP contribution in [0, 0.1) is 0 Å². The minimum absolute atomic E-state index is 0.0427. The molecule has 0 saturated carbocycles. The second-order valence-electron chi connectivity index (χ2n) is 6.59. The molecular weight excluding hydrogens is 463 g/mol. The van der Waals surface area contributed by atoms with Crippen molar-refractivity contribution in [3.05, 3.63) is 86.6 Å². The van der Waals surface area contributed by atoms with E-state index in [9.17, 15) is 9.90 Å². The predicted octanol–water partition coefficient (Wildman–Crippen LogP) is 6.38. The van der Waals surface area contributed by atoms with E-state index in [1.807, 2.05) is 0 Å². The van der Waals surface area contributed by atoms with Crippen LogP contribution in [0.1, 0.15) is 21.7 Å². The van der Waals surface area contributed by atoms with E-state index in [0.29, 0.717) is 32.2 Å². The van der Waals surface area contributed by atoms with Gasteiger partial charge in [-0.2, -0.15) is 0 Å². The van der Waals surface area contributed by atoms with Crippen molar-refractivity contribution >= 4 is 51.8 Å². The Hall–Kier alpha value is -2.93. The highest BCUT2D eigenvalue weighted by molar-refractivity contribution is 6.36. The quantitative estimate of drug-likeness (QED) is 0.323. The van der Waals surface area contributed by atoms with E-state index in [1.165, 1.54) is 18.2 Å². The Morgan fingerprint density at radius 2 is 1.68 bits per heavy atom. The number of fused-ring (bicyclic) bond motifs is 1. The van der Waals surface area contributed by atoms with Gasteiger partial charge in [0.1, 0.15) is 19.0 Å². The number of nitrogens with one attached hydrogen (secondary N) is 1. The second kappa shape index (κ2) is 9.06. The second-order valence-corrected chi connectivity index (χ2v) is 7.84. The number of aromatic nitrogens is 2. The first-order valence-corrected chi connectivity index (χ1v) is 10.2. The van der Waals surface area contributed by atoms with Crippen LogP contribution in [-0.4, -0.2) is 21.0 Å². The number of benzene rings is 3. The number of nitrogens with zero attached hydrogens (tertiary/aromatic N) is 1. The summed E-state index contributed by atoms with van der Waals surface area (Å²) in [6.45, 7) is 0.156. The third-order valence-corrected chi connectivity index (χ3v) is 5.43. The van der Waals surface area contributed by atoms with Gasteiger partial charge in [0.15, 0.2) is 11.5 Å². The molecule has 0 saturated heterocycles. The van der Waals surface area contributed by atoms with Crippen LogP contribution in [0.3, 0.4) is 0 Å². The van der Waals surface area contributed by atoms with Gasteiger partial charge in [0.25, 0.3) is 0 Å². The number of rotatable bonds is 7. The molecule has 0 amide bonds. The average Bonchev–Trinajstić information content (AvgIpc) is 3.14. The average molecular weight is 478 g/mol. The van der Waals surface area contributed by atoms with Gasteiger partial charge in [-0.1, -0.05) is 40.9 Å². The van der Waals surface area contributed by atoms with Gasteiger partial charge in [0, 0.05) is 20.6 Å². The number of imidazole rings is 1. The summed E-state index contributed by atoms with van der Waals surface area (Å²) < 4.78 is 11.7. The summed E-state index contributed by atoms with van der Waals surface area (Å²) in [6, 6.07) is 14.8. The number of carboxylic acid groups (broad SMARTS) is 1. The van der Waals surface area contributed by atoms with Crippen molar-refractivity contribution in [1.82, 2.24) is 9.97 Å². The first-order valence-electron chi connectivity index (χ1n) is 9.10. The number of aromatic amines is 1. The molecule has 2 N–H and O–H groups in total. The summed E-state index contributed by atoms with van der Waals surface area (Å²) in [7, 11) is 0. The highest BCUT2D eigenvalue weighted by Gasteiger charge is 2.14. The molecule has 4 aromatic rings. The molecule has 0 atom stereocenters. The van der Waals surface area contributed by atoms with Crippen LogP contribution in [0.25, 0.3) is 11.0 Å². The van der Waals surface area contributed by atoms with Gasteiger partial charge in [-0.05, 0) is 48.5 Å². The van der Waals surface area contributed by atoms with Crippen LogP contribution in [0.4, 0.5) is 0 Å². The summed E-state index contributed by atoms with van der Waals surface area (Å²) in [4.78, 5) is 19.0. The van der Waals surface area contributed by atoms with E-state index in [0.717, 1.165) is 11.0 Å². The van der Waals surface area contributed by atoms with Gasteiger partial charge in [-0.25, -0.2) is 9.78 Å². The van der Waals surface area contributed by atoms with E-state index in [4.69, 9.17) is 44.3 Å². The van der Waals surface area contributed by atoms with E-state index in [2.05, 4.69) is 9.97 Å². The van der Waals surface area contributed by atoms with Gasteiger partial charge in [0.05, 0.1) is 16.6 Å². The number of carboxylic acids is 1. The SMILES string of the molecule is O=C(O)c1ccc(OCc2nc3ccc(Cl)cc3[nH]2)c(OCc2c(Cl)cccc2Cl)c1. The maximum absolute atomic E-state index is 11.4. The standard InChI is InChI=1S/C22H15Cl3N2O4/c23-13-5-6-17-18(9-13)27-21(26-17)11-31-19-7-4-12(22(28)29)8-20(19)30-10-14-15(24)2-1-3-16(14)25/h1-9H,10-11H2,(H,26,27)(H,28,29). The van der Waals surface area contributed by atoms with Crippen LogP contribution in [0.5, 0.6) is 11.5 Å². The Morgan fingerprint density at radius 1 is 0.935 bits per heavy atom. The number of hydrogen-bond acceptors (Lipinski definition) is 4. The zero-order valence-electron chi connectivity index (χ0n) is 15.9. The first-order chi connectivity index (χ1) is 14.9. The molecular formula is C22H15Cl3N2O4. The Balaban J connectivity index is 1.56. The maximum Gasteiger partial charge on any atom is 0.335 e. The summed E-state index contributed by atoms with van der Waals surface area (Å²) in [5.41, 5.74) is 2.20. The molecule has 0 fully saturated rings. The fraction of sp³-hybridized carbons (Fsp3) is 0.0909. The largest absolute Gasteiger partial charge is 0.485 e. The van der Waals surface area contributed by atoms with Crippen molar-refractivity contribution in [2.24, 2.45) is 0 Å².